The van der Waals surface area contributed by atoms with Crippen molar-refractivity contribution in [3.63, 3.8) is 0 Å². The lowest BCUT2D eigenvalue weighted by molar-refractivity contribution is 0.0857. The average Bonchev–Trinajstić information content (AvgIpc) is 3.23. The lowest BCUT2D eigenvalue weighted by atomic mass is 10.1. The number of benzene rings is 2. The summed E-state index contributed by atoms with van der Waals surface area (Å²) in [5.74, 6) is -0.728. The van der Waals surface area contributed by atoms with Crippen molar-refractivity contribution in [2.24, 2.45) is 0 Å². The lowest BCUT2D eigenvalue weighted by Gasteiger charge is -2.21. The molecule has 0 spiro atoms. The van der Waals surface area contributed by atoms with Crippen LogP contribution in [0.4, 0.5) is 5.69 Å². The van der Waals surface area contributed by atoms with Gasteiger partial charge in [0.15, 0.2) is 0 Å². The molecule has 2 aromatic carbocycles. The molecule has 0 aromatic heterocycles. The number of ether oxygens (including phenoxy) is 1. The molecule has 1 atom stereocenters. The van der Waals surface area contributed by atoms with Crippen molar-refractivity contribution in [3.05, 3.63) is 53.6 Å². The molecule has 2 amide bonds. The molecule has 2 aliphatic rings. The first-order valence-electron chi connectivity index (χ1n) is 9.63. The van der Waals surface area contributed by atoms with Gasteiger partial charge in [-0.1, -0.05) is 12.1 Å². The Morgan fingerprint density at radius 3 is 2.72 bits per heavy atom. The number of sulfone groups is 1. The van der Waals surface area contributed by atoms with Crippen molar-refractivity contribution in [2.75, 3.05) is 24.6 Å². The quantitative estimate of drug-likeness (QED) is 0.829. The van der Waals surface area contributed by atoms with Crippen LogP contribution in [0, 0.1) is 0 Å². The van der Waals surface area contributed by atoms with Gasteiger partial charge < -0.3 is 15.0 Å². The van der Waals surface area contributed by atoms with Crippen molar-refractivity contribution in [1.29, 1.82) is 0 Å². The maximum Gasteiger partial charge on any atom is 0.259 e. The normalized spacial score (nSPS) is 20.0. The third-order valence-electron chi connectivity index (χ3n) is 5.28. The fraction of sp³-hybridized carbons (Fsp3) is 0.333. The van der Waals surface area contributed by atoms with Crippen LogP contribution in [0.2, 0.25) is 0 Å². The number of anilines is 1. The van der Waals surface area contributed by atoms with Crippen LogP contribution in [-0.4, -0.2) is 46.0 Å². The first-order chi connectivity index (χ1) is 13.9. The van der Waals surface area contributed by atoms with Crippen LogP contribution in [0.15, 0.2) is 52.3 Å². The molecule has 29 heavy (non-hydrogen) atoms. The van der Waals surface area contributed by atoms with Gasteiger partial charge in [-0.15, -0.1) is 0 Å². The highest BCUT2D eigenvalue weighted by molar-refractivity contribution is 7.91. The zero-order chi connectivity index (χ0) is 20.6. The summed E-state index contributed by atoms with van der Waals surface area (Å²) in [5.41, 5.74) is 0.655. The van der Waals surface area contributed by atoms with Gasteiger partial charge in [0.25, 0.3) is 11.8 Å². The lowest BCUT2D eigenvalue weighted by Crippen LogP contribution is -2.33. The zero-order valence-electron chi connectivity index (χ0n) is 16.1. The number of carbonyl (C=O) groups excluding carboxylic acids is 2. The molecule has 0 bridgehead atoms. The van der Waals surface area contributed by atoms with Crippen LogP contribution in [0.1, 0.15) is 40.5 Å². The molecule has 0 aliphatic carbocycles. The SMILES string of the molecule is CCN1C(=O)c2ccccc2S(=O)(=O)c2ccc(C(=O)NCC3CCCO3)cc21. The Morgan fingerprint density at radius 2 is 2.00 bits per heavy atom. The summed E-state index contributed by atoms with van der Waals surface area (Å²) >= 11 is 0. The Labute approximate surface area is 169 Å². The first-order valence-corrected chi connectivity index (χ1v) is 11.1. The molecule has 2 aliphatic heterocycles. The maximum atomic E-state index is 13.2. The number of hydrogen-bond donors (Lipinski definition) is 1. The van der Waals surface area contributed by atoms with Gasteiger partial charge >= 0.3 is 0 Å². The predicted octanol–water partition coefficient (Wildman–Crippen LogP) is 2.41. The van der Waals surface area contributed by atoms with E-state index < -0.39 is 15.7 Å². The van der Waals surface area contributed by atoms with E-state index >= 15 is 0 Å². The Hall–Kier alpha value is -2.71. The molecule has 0 radical (unpaired) electrons. The van der Waals surface area contributed by atoms with E-state index in [-0.39, 0.29) is 39.6 Å². The number of hydrogen-bond acceptors (Lipinski definition) is 5. The molecule has 1 N–H and O–H groups in total. The van der Waals surface area contributed by atoms with E-state index in [2.05, 4.69) is 5.32 Å². The zero-order valence-corrected chi connectivity index (χ0v) is 16.9. The fourth-order valence-corrected chi connectivity index (χ4v) is 5.41. The van der Waals surface area contributed by atoms with E-state index in [4.69, 9.17) is 4.74 Å². The number of fused-ring (bicyclic) bond motifs is 2. The molecular weight excluding hydrogens is 392 g/mol. The average molecular weight is 414 g/mol. The van der Waals surface area contributed by atoms with Gasteiger partial charge in [-0.05, 0) is 50.1 Å². The van der Waals surface area contributed by atoms with Crippen molar-refractivity contribution >= 4 is 27.3 Å². The number of rotatable bonds is 4. The summed E-state index contributed by atoms with van der Waals surface area (Å²) in [4.78, 5) is 27.1. The van der Waals surface area contributed by atoms with E-state index in [1.165, 1.54) is 35.2 Å². The Balaban J connectivity index is 1.74. The van der Waals surface area contributed by atoms with E-state index in [0.29, 0.717) is 18.7 Å². The molecule has 152 valence electrons. The summed E-state index contributed by atoms with van der Waals surface area (Å²) in [6, 6.07) is 10.5. The minimum absolute atomic E-state index is 0.00312. The smallest absolute Gasteiger partial charge is 0.259 e. The third-order valence-corrected chi connectivity index (χ3v) is 7.14. The highest BCUT2D eigenvalue weighted by Crippen LogP contribution is 2.37. The summed E-state index contributed by atoms with van der Waals surface area (Å²) in [5, 5.41) is 2.83. The van der Waals surface area contributed by atoms with Crippen LogP contribution in [0.5, 0.6) is 0 Å². The third kappa shape index (κ3) is 3.42. The highest BCUT2D eigenvalue weighted by Gasteiger charge is 2.35. The summed E-state index contributed by atoms with van der Waals surface area (Å²) in [6.07, 6.45) is 1.88. The van der Waals surface area contributed by atoms with E-state index in [1.807, 2.05) is 0 Å². The number of nitrogens with one attached hydrogen (secondary N) is 1. The number of amides is 2. The maximum absolute atomic E-state index is 13.2. The van der Waals surface area contributed by atoms with Crippen molar-refractivity contribution in [3.8, 4) is 0 Å². The van der Waals surface area contributed by atoms with Crippen molar-refractivity contribution in [2.45, 2.75) is 35.7 Å². The molecule has 0 saturated carbocycles. The Bertz CT molecular complexity index is 1070. The van der Waals surface area contributed by atoms with Gasteiger partial charge in [-0.2, -0.15) is 0 Å². The van der Waals surface area contributed by atoms with E-state index in [1.54, 1.807) is 19.1 Å². The van der Waals surface area contributed by atoms with Crippen LogP contribution < -0.4 is 10.2 Å². The molecule has 1 fully saturated rings. The number of nitrogens with zero attached hydrogens (tertiary/aromatic N) is 1. The second-order valence-corrected chi connectivity index (χ2v) is 8.96. The summed E-state index contributed by atoms with van der Waals surface area (Å²) in [6.45, 7) is 3.14. The largest absolute Gasteiger partial charge is 0.376 e. The topological polar surface area (TPSA) is 92.8 Å². The molecule has 2 heterocycles. The van der Waals surface area contributed by atoms with Crippen LogP contribution >= 0.6 is 0 Å². The monoisotopic (exact) mass is 414 g/mol. The van der Waals surface area contributed by atoms with E-state index in [0.717, 1.165) is 12.8 Å². The Kier molecular flexibility index (Phi) is 5.14. The van der Waals surface area contributed by atoms with Gasteiger partial charge in [0, 0.05) is 25.3 Å². The second-order valence-electron chi connectivity index (χ2n) is 7.08. The van der Waals surface area contributed by atoms with Crippen LogP contribution in [0.3, 0.4) is 0 Å². The molecule has 1 saturated heterocycles. The van der Waals surface area contributed by atoms with Crippen LogP contribution in [-0.2, 0) is 14.6 Å². The highest BCUT2D eigenvalue weighted by atomic mass is 32.2. The second kappa shape index (κ2) is 7.61. The number of carbonyl (C=O) groups is 2. The molecule has 4 rings (SSSR count). The fourth-order valence-electron chi connectivity index (χ4n) is 3.78. The molecule has 2 aromatic rings. The first kappa shape index (κ1) is 19.6. The van der Waals surface area contributed by atoms with Gasteiger partial charge in [-0.3, -0.25) is 9.59 Å². The van der Waals surface area contributed by atoms with Gasteiger partial charge in [0.2, 0.25) is 9.84 Å². The van der Waals surface area contributed by atoms with Gasteiger partial charge in [-0.25, -0.2) is 8.42 Å². The molecular formula is C21H22N2O5S. The standard InChI is InChI=1S/C21H22N2O5S/c1-2-23-17-12-14(20(24)22-13-15-6-5-11-28-15)9-10-19(17)29(26,27)18-8-4-3-7-16(18)21(23)25/h3-4,7-10,12,15H,2,5-6,11,13H2,1H3,(H,22,24). The predicted molar refractivity (Wildman–Crippen MR) is 107 cm³/mol. The van der Waals surface area contributed by atoms with Crippen molar-refractivity contribution in [1.82, 2.24) is 5.32 Å². The molecule has 1 unspecified atom stereocenters. The molecule has 7 nitrogen and oxygen atoms in total. The van der Waals surface area contributed by atoms with Crippen LogP contribution in [0.25, 0.3) is 0 Å². The van der Waals surface area contributed by atoms with Gasteiger partial charge in [0.05, 0.1) is 27.1 Å². The Morgan fingerprint density at radius 1 is 1.21 bits per heavy atom. The van der Waals surface area contributed by atoms with E-state index in [9.17, 15) is 18.0 Å². The summed E-state index contributed by atoms with van der Waals surface area (Å²) < 4.78 is 31.9. The van der Waals surface area contributed by atoms with Crippen molar-refractivity contribution < 1.29 is 22.7 Å². The minimum Gasteiger partial charge on any atom is -0.376 e. The molecule has 8 heteroatoms. The minimum atomic E-state index is -3.90. The van der Waals surface area contributed by atoms with Gasteiger partial charge in [0.1, 0.15) is 0 Å². The summed E-state index contributed by atoms with van der Waals surface area (Å²) in [7, 11) is -3.90.